The van der Waals surface area contributed by atoms with E-state index in [1.54, 1.807) is 0 Å². The first-order chi connectivity index (χ1) is 9.08. The fourth-order valence-corrected chi connectivity index (χ4v) is 1.41. The van der Waals surface area contributed by atoms with Crippen LogP contribution in [0.4, 0.5) is 10.1 Å². The largest absolute Gasteiger partial charge is 0.476 e. The summed E-state index contributed by atoms with van der Waals surface area (Å²) in [5.74, 6) is -2.59. The van der Waals surface area contributed by atoms with Crippen LogP contribution >= 0.6 is 0 Å². The molecule has 2 aromatic heterocycles. The van der Waals surface area contributed by atoms with Gasteiger partial charge in [0.2, 0.25) is 0 Å². The third-order valence-corrected chi connectivity index (χ3v) is 2.23. The first-order valence-corrected chi connectivity index (χ1v) is 5.18. The zero-order chi connectivity index (χ0) is 13.8. The molecule has 0 aliphatic heterocycles. The molecule has 0 atom stereocenters. The SMILES string of the molecule is O=C(Nc1cccnc1C(=O)O)c1cncc(F)c1. The van der Waals surface area contributed by atoms with Gasteiger partial charge in [-0.3, -0.25) is 9.78 Å². The lowest BCUT2D eigenvalue weighted by Crippen LogP contribution is -2.16. The van der Waals surface area contributed by atoms with E-state index in [2.05, 4.69) is 15.3 Å². The van der Waals surface area contributed by atoms with Crippen molar-refractivity contribution in [2.75, 3.05) is 5.32 Å². The first kappa shape index (κ1) is 12.6. The summed E-state index contributed by atoms with van der Waals surface area (Å²) >= 11 is 0. The molecule has 2 heterocycles. The van der Waals surface area contributed by atoms with Crippen LogP contribution in [0.5, 0.6) is 0 Å². The molecule has 2 rings (SSSR count). The van der Waals surface area contributed by atoms with Crippen molar-refractivity contribution in [3.63, 3.8) is 0 Å². The predicted molar refractivity (Wildman–Crippen MR) is 63.3 cm³/mol. The number of carbonyl (C=O) groups is 2. The Kier molecular flexibility index (Phi) is 3.46. The molecule has 0 aromatic carbocycles. The summed E-state index contributed by atoms with van der Waals surface area (Å²) in [6.45, 7) is 0. The molecule has 6 nitrogen and oxygen atoms in total. The Morgan fingerprint density at radius 2 is 2.11 bits per heavy atom. The van der Waals surface area contributed by atoms with Gasteiger partial charge < -0.3 is 10.4 Å². The molecule has 2 N–H and O–H groups in total. The molecule has 0 fully saturated rings. The van der Waals surface area contributed by atoms with Crippen molar-refractivity contribution in [2.24, 2.45) is 0 Å². The predicted octanol–water partition coefficient (Wildman–Crippen LogP) is 1.57. The van der Waals surface area contributed by atoms with E-state index in [0.29, 0.717) is 0 Å². The maximum atomic E-state index is 12.9. The number of hydrogen-bond donors (Lipinski definition) is 2. The fraction of sp³-hybridized carbons (Fsp3) is 0. The van der Waals surface area contributed by atoms with Crippen LogP contribution in [0.3, 0.4) is 0 Å². The lowest BCUT2D eigenvalue weighted by molar-refractivity contribution is 0.0691. The molecule has 0 saturated carbocycles. The maximum Gasteiger partial charge on any atom is 0.356 e. The molecular formula is C12H8FN3O3. The van der Waals surface area contributed by atoms with E-state index in [4.69, 9.17) is 5.11 Å². The summed E-state index contributed by atoms with van der Waals surface area (Å²) in [4.78, 5) is 29.9. The third-order valence-electron chi connectivity index (χ3n) is 2.23. The lowest BCUT2D eigenvalue weighted by Gasteiger charge is -2.07. The van der Waals surface area contributed by atoms with Gasteiger partial charge in [-0.05, 0) is 18.2 Å². The van der Waals surface area contributed by atoms with Gasteiger partial charge >= 0.3 is 5.97 Å². The molecular weight excluding hydrogens is 253 g/mol. The van der Waals surface area contributed by atoms with E-state index in [0.717, 1.165) is 12.3 Å². The molecule has 0 bridgehead atoms. The minimum atomic E-state index is -1.27. The summed E-state index contributed by atoms with van der Waals surface area (Å²) in [6, 6.07) is 3.87. The Morgan fingerprint density at radius 3 is 2.79 bits per heavy atom. The molecule has 2 aromatic rings. The van der Waals surface area contributed by atoms with Crippen LogP contribution in [0, 0.1) is 5.82 Å². The van der Waals surface area contributed by atoms with Crippen molar-refractivity contribution in [3.8, 4) is 0 Å². The standard InChI is InChI=1S/C12H8FN3O3/c13-8-4-7(5-14-6-8)11(17)16-9-2-1-3-15-10(9)12(18)19/h1-6H,(H,16,17)(H,18,19). The van der Waals surface area contributed by atoms with Gasteiger partial charge in [0.25, 0.3) is 5.91 Å². The molecule has 0 spiro atoms. The highest BCUT2D eigenvalue weighted by Crippen LogP contribution is 2.13. The number of rotatable bonds is 3. The number of nitrogens with one attached hydrogen (secondary N) is 1. The highest BCUT2D eigenvalue weighted by molar-refractivity contribution is 6.06. The maximum absolute atomic E-state index is 12.9. The van der Waals surface area contributed by atoms with Gasteiger partial charge in [-0.1, -0.05) is 0 Å². The molecule has 19 heavy (non-hydrogen) atoms. The lowest BCUT2D eigenvalue weighted by atomic mass is 10.2. The minimum absolute atomic E-state index is 0.0137. The van der Waals surface area contributed by atoms with Crippen LogP contribution in [0.1, 0.15) is 20.8 Å². The van der Waals surface area contributed by atoms with E-state index >= 15 is 0 Å². The highest BCUT2D eigenvalue weighted by atomic mass is 19.1. The zero-order valence-corrected chi connectivity index (χ0v) is 9.50. The van der Waals surface area contributed by atoms with Crippen molar-refractivity contribution in [2.45, 2.75) is 0 Å². The number of carboxylic acids is 1. The fourth-order valence-electron chi connectivity index (χ4n) is 1.41. The van der Waals surface area contributed by atoms with Gasteiger partial charge in [-0.15, -0.1) is 0 Å². The Morgan fingerprint density at radius 1 is 1.32 bits per heavy atom. The van der Waals surface area contributed by atoms with Gasteiger partial charge in [0.15, 0.2) is 5.69 Å². The van der Waals surface area contributed by atoms with Crippen molar-refractivity contribution in [1.82, 2.24) is 9.97 Å². The van der Waals surface area contributed by atoms with Crippen LogP contribution in [0.2, 0.25) is 0 Å². The van der Waals surface area contributed by atoms with Gasteiger partial charge in [0.05, 0.1) is 17.4 Å². The van der Waals surface area contributed by atoms with E-state index < -0.39 is 17.7 Å². The number of nitrogens with zero attached hydrogens (tertiary/aromatic N) is 2. The molecule has 1 amide bonds. The number of anilines is 1. The number of halogens is 1. The second-order valence-corrected chi connectivity index (χ2v) is 3.55. The summed E-state index contributed by atoms with van der Waals surface area (Å²) < 4.78 is 12.9. The number of carbonyl (C=O) groups excluding carboxylic acids is 1. The van der Waals surface area contributed by atoms with E-state index in [1.807, 2.05) is 0 Å². The number of carboxylic acid groups (broad SMARTS) is 1. The van der Waals surface area contributed by atoms with Crippen LogP contribution in [-0.2, 0) is 0 Å². The summed E-state index contributed by atoms with van der Waals surface area (Å²) in [5.41, 5.74) is -0.273. The number of hydrogen-bond acceptors (Lipinski definition) is 4. The number of aromatic carboxylic acids is 1. The van der Waals surface area contributed by atoms with E-state index in [-0.39, 0.29) is 16.9 Å². The van der Waals surface area contributed by atoms with Gasteiger partial charge in [0, 0.05) is 12.4 Å². The molecule has 0 aliphatic carbocycles. The van der Waals surface area contributed by atoms with Gasteiger partial charge in [-0.25, -0.2) is 14.2 Å². The van der Waals surface area contributed by atoms with Gasteiger partial charge in [0.1, 0.15) is 5.82 Å². The monoisotopic (exact) mass is 261 g/mol. The molecule has 0 saturated heterocycles. The minimum Gasteiger partial charge on any atom is -0.476 e. The molecule has 0 unspecified atom stereocenters. The van der Waals surface area contributed by atoms with Crippen molar-refractivity contribution in [3.05, 3.63) is 53.9 Å². The summed E-state index contributed by atoms with van der Waals surface area (Å²) in [5, 5.41) is 11.3. The molecule has 96 valence electrons. The Bertz CT molecular complexity index is 646. The smallest absolute Gasteiger partial charge is 0.356 e. The van der Waals surface area contributed by atoms with Crippen molar-refractivity contribution >= 4 is 17.6 Å². The quantitative estimate of drug-likeness (QED) is 0.874. The zero-order valence-electron chi connectivity index (χ0n) is 9.50. The first-order valence-electron chi connectivity index (χ1n) is 5.18. The second-order valence-electron chi connectivity index (χ2n) is 3.55. The van der Waals surface area contributed by atoms with E-state index in [9.17, 15) is 14.0 Å². The van der Waals surface area contributed by atoms with Gasteiger partial charge in [-0.2, -0.15) is 0 Å². The van der Waals surface area contributed by atoms with Crippen molar-refractivity contribution in [1.29, 1.82) is 0 Å². The highest BCUT2D eigenvalue weighted by Gasteiger charge is 2.14. The summed E-state index contributed by atoms with van der Waals surface area (Å²) in [6.07, 6.45) is 3.43. The summed E-state index contributed by atoms with van der Waals surface area (Å²) in [7, 11) is 0. The number of aromatic nitrogens is 2. The number of pyridine rings is 2. The number of amides is 1. The topological polar surface area (TPSA) is 92.2 Å². The van der Waals surface area contributed by atoms with Crippen LogP contribution in [-0.4, -0.2) is 27.0 Å². The van der Waals surface area contributed by atoms with Crippen LogP contribution in [0.25, 0.3) is 0 Å². The average molecular weight is 261 g/mol. The molecule has 0 radical (unpaired) electrons. The normalized spacial score (nSPS) is 9.95. The Labute approximate surface area is 106 Å². The van der Waals surface area contributed by atoms with Crippen LogP contribution < -0.4 is 5.32 Å². The van der Waals surface area contributed by atoms with E-state index in [1.165, 1.54) is 24.5 Å². The molecule has 7 heteroatoms. The van der Waals surface area contributed by atoms with Crippen molar-refractivity contribution < 1.29 is 19.1 Å². The second kappa shape index (κ2) is 5.21. The Balaban J connectivity index is 2.27. The molecule has 0 aliphatic rings. The average Bonchev–Trinajstić information content (AvgIpc) is 2.39. The Hall–Kier alpha value is -2.83. The third kappa shape index (κ3) is 2.89. The van der Waals surface area contributed by atoms with Crippen LogP contribution in [0.15, 0.2) is 36.8 Å².